The average molecular weight is 308 g/mol. The minimum absolute atomic E-state index is 0.0140. The van der Waals surface area contributed by atoms with Crippen LogP contribution < -0.4 is 0 Å². The van der Waals surface area contributed by atoms with Gasteiger partial charge in [-0.2, -0.15) is 5.10 Å². The van der Waals surface area contributed by atoms with Crippen molar-refractivity contribution in [1.29, 1.82) is 0 Å². The van der Waals surface area contributed by atoms with Crippen molar-refractivity contribution in [2.24, 2.45) is 0 Å². The molecule has 0 amide bonds. The molecule has 1 aliphatic rings. The maximum absolute atomic E-state index is 11.2. The molecule has 108 valence electrons. The number of nitrogens with zero attached hydrogens (tertiary/aromatic N) is 3. The molecule has 0 atom stereocenters. The van der Waals surface area contributed by atoms with Gasteiger partial charge < -0.3 is 5.11 Å². The van der Waals surface area contributed by atoms with E-state index in [0.717, 1.165) is 12.1 Å². The molecular weight excluding hydrogens is 298 g/mol. The molecule has 8 heteroatoms. The van der Waals surface area contributed by atoms with E-state index in [9.17, 15) is 20.0 Å². The minimum atomic E-state index is -1.09. The standard InChI is InChI=1S/C13H10ClN3O4/c14-9-5-4-7(6-11(9)17(20)21)16-10-3-1-2-8(10)12(15-16)13(18)19/h4-6H,1-3H2,(H,18,19). The predicted octanol–water partition coefficient (Wildman–Crippen LogP) is 2.62. The number of rotatable bonds is 3. The quantitative estimate of drug-likeness (QED) is 0.694. The van der Waals surface area contributed by atoms with Crippen LogP contribution in [0.25, 0.3) is 5.69 Å². The molecular formula is C13H10ClN3O4. The second-order valence-corrected chi connectivity index (χ2v) is 5.14. The van der Waals surface area contributed by atoms with Gasteiger partial charge in [0.2, 0.25) is 0 Å². The molecule has 3 rings (SSSR count). The number of benzene rings is 1. The first kappa shape index (κ1) is 13.6. The molecule has 0 unspecified atom stereocenters. The van der Waals surface area contributed by atoms with Gasteiger partial charge >= 0.3 is 5.97 Å². The van der Waals surface area contributed by atoms with Crippen molar-refractivity contribution in [3.05, 3.63) is 50.3 Å². The second kappa shape index (κ2) is 4.85. The van der Waals surface area contributed by atoms with Crippen molar-refractivity contribution in [1.82, 2.24) is 9.78 Å². The average Bonchev–Trinajstić information content (AvgIpc) is 3.00. The van der Waals surface area contributed by atoms with Crippen LogP contribution in [0, 0.1) is 10.1 Å². The molecule has 1 heterocycles. The van der Waals surface area contributed by atoms with Crippen LogP contribution in [0.1, 0.15) is 28.2 Å². The van der Waals surface area contributed by atoms with E-state index in [2.05, 4.69) is 5.10 Å². The van der Waals surface area contributed by atoms with Crippen LogP contribution >= 0.6 is 11.6 Å². The number of hydrogen-bond donors (Lipinski definition) is 1. The Kier molecular flexibility index (Phi) is 3.13. The van der Waals surface area contributed by atoms with E-state index < -0.39 is 10.9 Å². The largest absolute Gasteiger partial charge is 0.476 e. The predicted molar refractivity (Wildman–Crippen MR) is 74.2 cm³/mol. The zero-order chi connectivity index (χ0) is 15.1. The number of nitro benzene ring substituents is 1. The Labute approximate surface area is 123 Å². The van der Waals surface area contributed by atoms with Gasteiger partial charge in [-0.1, -0.05) is 11.6 Å². The highest BCUT2D eigenvalue weighted by Gasteiger charge is 2.27. The topological polar surface area (TPSA) is 98.3 Å². The molecule has 2 aromatic rings. The van der Waals surface area contributed by atoms with E-state index in [4.69, 9.17) is 11.6 Å². The molecule has 0 saturated heterocycles. The van der Waals surface area contributed by atoms with Gasteiger partial charge in [0.25, 0.3) is 5.69 Å². The lowest BCUT2D eigenvalue weighted by molar-refractivity contribution is -0.384. The molecule has 0 saturated carbocycles. The number of hydrogen-bond acceptors (Lipinski definition) is 4. The van der Waals surface area contributed by atoms with Crippen molar-refractivity contribution >= 4 is 23.3 Å². The van der Waals surface area contributed by atoms with Gasteiger partial charge in [0.05, 0.1) is 10.6 Å². The Balaban J connectivity index is 2.18. The highest BCUT2D eigenvalue weighted by molar-refractivity contribution is 6.32. The lowest BCUT2D eigenvalue weighted by Gasteiger charge is -2.06. The van der Waals surface area contributed by atoms with Gasteiger partial charge in [-0.3, -0.25) is 10.1 Å². The molecule has 1 aromatic heterocycles. The second-order valence-electron chi connectivity index (χ2n) is 4.74. The fourth-order valence-electron chi connectivity index (χ4n) is 2.60. The van der Waals surface area contributed by atoms with Crippen molar-refractivity contribution in [3.63, 3.8) is 0 Å². The lowest BCUT2D eigenvalue weighted by Crippen LogP contribution is -2.05. The number of carboxylic acids is 1. The third-order valence-corrected chi connectivity index (χ3v) is 3.82. The lowest BCUT2D eigenvalue weighted by atomic mass is 10.2. The van der Waals surface area contributed by atoms with Gasteiger partial charge in [0.1, 0.15) is 5.02 Å². The summed E-state index contributed by atoms with van der Waals surface area (Å²) >= 11 is 5.79. The van der Waals surface area contributed by atoms with Gasteiger partial charge in [-0.15, -0.1) is 0 Å². The van der Waals surface area contributed by atoms with Gasteiger partial charge in [-0.05, 0) is 31.4 Å². The molecule has 1 aromatic carbocycles. The zero-order valence-corrected chi connectivity index (χ0v) is 11.5. The first-order valence-electron chi connectivity index (χ1n) is 6.27. The van der Waals surface area contributed by atoms with E-state index in [-0.39, 0.29) is 16.4 Å². The smallest absolute Gasteiger partial charge is 0.356 e. The molecule has 0 fully saturated rings. The van der Waals surface area contributed by atoms with E-state index in [1.165, 1.54) is 16.8 Å². The number of aromatic carboxylic acids is 1. The normalized spacial score (nSPS) is 13.2. The van der Waals surface area contributed by atoms with Crippen molar-refractivity contribution in [2.75, 3.05) is 0 Å². The summed E-state index contributed by atoms with van der Waals surface area (Å²) in [7, 11) is 0. The Morgan fingerprint density at radius 2 is 2.19 bits per heavy atom. The summed E-state index contributed by atoms with van der Waals surface area (Å²) in [4.78, 5) is 21.6. The van der Waals surface area contributed by atoms with Crippen LogP contribution in [-0.2, 0) is 12.8 Å². The van der Waals surface area contributed by atoms with E-state index in [1.807, 2.05) is 0 Å². The number of aromatic nitrogens is 2. The third kappa shape index (κ3) is 2.15. The van der Waals surface area contributed by atoms with E-state index >= 15 is 0 Å². The Hall–Kier alpha value is -2.41. The number of fused-ring (bicyclic) bond motifs is 1. The van der Waals surface area contributed by atoms with Crippen LogP contribution in [-0.4, -0.2) is 25.8 Å². The number of halogens is 1. The van der Waals surface area contributed by atoms with Crippen molar-refractivity contribution in [3.8, 4) is 5.69 Å². The van der Waals surface area contributed by atoms with Crippen LogP contribution in [0.4, 0.5) is 5.69 Å². The van der Waals surface area contributed by atoms with Crippen LogP contribution in [0.3, 0.4) is 0 Å². The van der Waals surface area contributed by atoms with Gasteiger partial charge in [-0.25, -0.2) is 9.48 Å². The number of carbonyl (C=O) groups is 1. The molecule has 1 N–H and O–H groups in total. The first-order chi connectivity index (χ1) is 9.99. The van der Waals surface area contributed by atoms with Crippen LogP contribution in [0.5, 0.6) is 0 Å². The summed E-state index contributed by atoms with van der Waals surface area (Å²) < 4.78 is 1.47. The van der Waals surface area contributed by atoms with Crippen LogP contribution in [0.2, 0.25) is 5.02 Å². The minimum Gasteiger partial charge on any atom is -0.476 e. The monoisotopic (exact) mass is 307 g/mol. The van der Waals surface area contributed by atoms with Crippen LogP contribution in [0.15, 0.2) is 18.2 Å². The third-order valence-electron chi connectivity index (χ3n) is 3.50. The molecule has 0 spiro atoms. The fourth-order valence-corrected chi connectivity index (χ4v) is 2.78. The fraction of sp³-hybridized carbons (Fsp3) is 0.231. The Morgan fingerprint density at radius 1 is 1.43 bits per heavy atom. The maximum atomic E-state index is 11.2. The summed E-state index contributed by atoms with van der Waals surface area (Å²) in [6.07, 6.45) is 2.21. The van der Waals surface area contributed by atoms with Gasteiger partial charge in [0, 0.05) is 17.3 Å². The summed E-state index contributed by atoms with van der Waals surface area (Å²) in [5, 5.41) is 24.3. The zero-order valence-electron chi connectivity index (χ0n) is 10.7. The van der Waals surface area contributed by atoms with Crippen molar-refractivity contribution in [2.45, 2.75) is 19.3 Å². The first-order valence-corrected chi connectivity index (χ1v) is 6.65. The summed E-state index contributed by atoms with van der Waals surface area (Å²) in [5.41, 5.74) is 1.73. The van der Waals surface area contributed by atoms with E-state index in [0.29, 0.717) is 24.1 Å². The molecule has 21 heavy (non-hydrogen) atoms. The maximum Gasteiger partial charge on any atom is 0.356 e. The molecule has 0 radical (unpaired) electrons. The Morgan fingerprint density at radius 3 is 2.86 bits per heavy atom. The molecule has 7 nitrogen and oxygen atoms in total. The molecule has 0 bridgehead atoms. The number of nitro groups is 1. The summed E-state index contributed by atoms with van der Waals surface area (Å²) in [6, 6.07) is 4.31. The summed E-state index contributed by atoms with van der Waals surface area (Å²) in [6.45, 7) is 0. The highest BCUT2D eigenvalue weighted by atomic mass is 35.5. The highest BCUT2D eigenvalue weighted by Crippen LogP contribution is 2.31. The van der Waals surface area contributed by atoms with Gasteiger partial charge in [0.15, 0.2) is 5.69 Å². The SMILES string of the molecule is O=C(O)c1nn(-c2ccc(Cl)c([N+](=O)[O-])c2)c2c1CCC2. The van der Waals surface area contributed by atoms with Crippen molar-refractivity contribution < 1.29 is 14.8 Å². The number of carboxylic acid groups (broad SMARTS) is 1. The van der Waals surface area contributed by atoms with E-state index in [1.54, 1.807) is 6.07 Å². The molecule has 0 aliphatic heterocycles. The molecule has 1 aliphatic carbocycles. The Bertz CT molecular complexity index is 769. The summed E-state index contributed by atoms with van der Waals surface area (Å²) in [5.74, 6) is -1.09.